The van der Waals surface area contributed by atoms with Gasteiger partial charge in [0.25, 0.3) is 0 Å². The van der Waals surface area contributed by atoms with Crippen LogP contribution in [0.5, 0.6) is 0 Å². The highest BCUT2D eigenvalue weighted by molar-refractivity contribution is 5.46. The van der Waals surface area contributed by atoms with E-state index in [1.54, 1.807) is 19.2 Å². The van der Waals surface area contributed by atoms with E-state index in [0.29, 0.717) is 18.8 Å². The second-order valence-corrected chi connectivity index (χ2v) is 3.87. The molecule has 0 spiro atoms. The van der Waals surface area contributed by atoms with Gasteiger partial charge in [-0.2, -0.15) is 0 Å². The molecular formula is C12H19FN2O. The molecule has 90 valence electrons. The summed E-state index contributed by atoms with van der Waals surface area (Å²) in [5, 5.41) is 0. The molecule has 0 fully saturated rings. The standard InChI is InChI=1S/C12H19FN2O/c1-15(9-10(14)7-8-16-2)12-6-4-3-5-11(12)13/h3-6,10H,7-9,14H2,1-2H3. The third-order valence-corrected chi connectivity index (χ3v) is 2.46. The van der Waals surface area contributed by atoms with Crippen molar-refractivity contribution in [1.29, 1.82) is 0 Å². The van der Waals surface area contributed by atoms with Crippen molar-refractivity contribution in [3.63, 3.8) is 0 Å². The molecule has 0 aromatic heterocycles. The summed E-state index contributed by atoms with van der Waals surface area (Å²) in [7, 11) is 3.48. The smallest absolute Gasteiger partial charge is 0.146 e. The molecule has 0 saturated heterocycles. The van der Waals surface area contributed by atoms with Crippen LogP contribution in [0.15, 0.2) is 24.3 Å². The number of likely N-dealkylation sites (N-methyl/N-ethyl adjacent to an activating group) is 1. The highest BCUT2D eigenvalue weighted by Gasteiger charge is 2.10. The molecule has 3 nitrogen and oxygen atoms in total. The van der Waals surface area contributed by atoms with Gasteiger partial charge < -0.3 is 15.4 Å². The normalized spacial score (nSPS) is 12.5. The Labute approximate surface area is 96.0 Å². The summed E-state index contributed by atoms with van der Waals surface area (Å²) in [6, 6.07) is 6.68. The summed E-state index contributed by atoms with van der Waals surface area (Å²) in [6.45, 7) is 1.25. The Bertz CT molecular complexity index is 320. The molecular weight excluding hydrogens is 207 g/mol. The van der Waals surface area contributed by atoms with E-state index in [9.17, 15) is 4.39 Å². The molecule has 0 radical (unpaired) electrons. The highest BCUT2D eigenvalue weighted by atomic mass is 19.1. The van der Waals surface area contributed by atoms with Crippen molar-refractivity contribution in [2.45, 2.75) is 12.5 Å². The van der Waals surface area contributed by atoms with Gasteiger partial charge in [0.1, 0.15) is 5.82 Å². The molecule has 0 aliphatic heterocycles. The van der Waals surface area contributed by atoms with Crippen molar-refractivity contribution in [3.05, 3.63) is 30.1 Å². The minimum absolute atomic E-state index is 0.00967. The largest absolute Gasteiger partial charge is 0.385 e. The maximum Gasteiger partial charge on any atom is 0.146 e. The summed E-state index contributed by atoms with van der Waals surface area (Å²) in [5.41, 5.74) is 6.48. The number of benzene rings is 1. The van der Waals surface area contributed by atoms with E-state index in [4.69, 9.17) is 10.5 Å². The van der Waals surface area contributed by atoms with Crippen molar-refractivity contribution in [2.75, 3.05) is 32.2 Å². The topological polar surface area (TPSA) is 38.5 Å². The van der Waals surface area contributed by atoms with E-state index in [1.165, 1.54) is 6.07 Å². The average Bonchev–Trinajstić information content (AvgIpc) is 2.26. The zero-order valence-corrected chi connectivity index (χ0v) is 9.82. The van der Waals surface area contributed by atoms with E-state index in [2.05, 4.69) is 0 Å². The predicted octanol–water partition coefficient (Wildman–Crippen LogP) is 1.63. The van der Waals surface area contributed by atoms with E-state index in [1.807, 2.05) is 18.0 Å². The number of methoxy groups -OCH3 is 1. The Morgan fingerprint density at radius 2 is 2.12 bits per heavy atom. The van der Waals surface area contributed by atoms with Crippen LogP contribution >= 0.6 is 0 Å². The lowest BCUT2D eigenvalue weighted by molar-refractivity contribution is 0.188. The molecule has 1 atom stereocenters. The summed E-state index contributed by atoms with van der Waals surface area (Å²) in [5.74, 6) is -0.219. The second kappa shape index (κ2) is 6.45. The second-order valence-electron chi connectivity index (χ2n) is 3.87. The Morgan fingerprint density at radius 1 is 1.44 bits per heavy atom. The molecule has 0 bridgehead atoms. The predicted molar refractivity (Wildman–Crippen MR) is 64.1 cm³/mol. The van der Waals surface area contributed by atoms with Gasteiger partial charge in [-0.25, -0.2) is 4.39 Å². The van der Waals surface area contributed by atoms with Gasteiger partial charge in [-0.3, -0.25) is 0 Å². The fourth-order valence-electron chi connectivity index (χ4n) is 1.57. The number of nitrogens with two attached hydrogens (primary N) is 1. The molecule has 0 aliphatic carbocycles. The van der Waals surface area contributed by atoms with E-state index < -0.39 is 0 Å². The molecule has 4 heteroatoms. The molecule has 0 heterocycles. The lowest BCUT2D eigenvalue weighted by atomic mass is 10.2. The number of anilines is 1. The average molecular weight is 226 g/mol. The minimum Gasteiger partial charge on any atom is -0.385 e. The number of halogens is 1. The van der Waals surface area contributed by atoms with Gasteiger partial charge in [-0.05, 0) is 18.6 Å². The number of hydrogen-bond donors (Lipinski definition) is 1. The molecule has 1 rings (SSSR count). The summed E-state index contributed by atoms with van der Waals surface area (Å²) >= 11 is 0. The molecule has 0 aliphatic rings. The van der Waals surface area contributed by atoms with Crippen LogP contribution in [0.2, 0.25) is 0 Å². The summed E-state index contributed by atoms with van der Waals surface area (Å²) in [4.78, 5) is 1.83. The fourth-order valence-corrected chi connectivity index (χ4v) is 1.57. The van der Waals surface area contributed by atoms with E-state index >= 15 is 0 Å². The minimum atomic E-state index is -0.219. The third kappa shape index (κ3) is 3.79. The van der Waals surface area contributed by atoms with Gasteiger partial charge in [-0.15, -0.1) is 0 Å². The lowest BCUT2D eigenvalue weighted by Gasteiger charge is -2.23. The molecule has 1 aromatic rings. The molecule has 0 amide bonds. The van der Waals surface area contributed by atoms with Gasteiger partial charge in [0.2, 0.25) is 0 Å². The number of nitrogens with zero attached hydrogens (tertiary/aromatic N) is 1. The van der Waals surface area contributed by atoms with Gasteiger partial charge >= 0.3 is 0 Å². The molecule has 0 saturated carbocycles. The van der Waals surface area contributed by atoms with Gasteiger partial charge in [0.05, 0.1) is 5.69 Å². The van der Waals surface area contributed by atoms with Crippen LogP contribution in [0.3, 0.4) is 0 Å². The maximum atomic E-state index is 13.4. The van der Waals surface area contributed by atoms with E-state index in [0.717, 1.165) is 6.42 Å². The first-order valence-corrected chi connectivity index (χ1v) is 5.35. The number of para-hydroxylation sites is 1. The van der Waals surface area contributed by atoms with Crippen LogP contribution in [0, 0.1) is 5.82 Å². The van der Waals surface area contributed by atoms with Gasteiger partial charge in [0.15, 0.2) is 0 Å². The highest BCUT2D eigenvalue weighted by Crippen LogP contribution is 2.17. The van der Waals surface area contributed by atoms with Crippen LogP contribution in [0.25, 0.3) is 0 Å². The fraction of sp³-hybridized carbons (Fsp3) is 0.500. The molecule has 1 aromatic carbocycles. The molecule has 1 unspecified atom stereocenters. The van der Waals surface area contributed by atoms with Crippen LogP contribution in [0.4, 0.5) is 10.1 Å². The molecule has 2 N–H and O–H groups in total. The lowest BCUT2D eigenvalue weighted by Crippen LogP contribution is -2.36. The van der Waals surface area contributed by atoms with Crippen molar-refractivity contribution in [1.82, 2.24) is 0 Å². The van der Waals surface area contributed by atoms with Crippen LogP contribution in [-0.2, 0) is 4.74 Å². The zero-order chi connectivity index (χ0) is 12.0. The monoisotopic (exact) mass is 226 g/mol. The first-order valence-electron chi connectivity index (χ1n) is 5.35. The molecule has 16 heavy (non-hydrogen) atoms. The van der Waals surface area contributed by atoms with Gasteiger partial charge in [0, 0.05) is 33.4 Å². The quantitative estimate of drug-likeness (QED) is 0.801. The SMILES string of the molecule is COCCC(N)CN(C)c1ccccc1F. The third-order valence-electron chi connectivity index (χ3n) is 2.46. The Kier molecular flexibility index (Phi) is 5.22. The first kappa shape index (κ1) is 12.9. The van der Waals surface area contributed by atoms with Crippen molar-refractivity contribution in [2.24, 2.45) is 5.73 Å². The number of rotatable bonds is 6. The Morgan fingerprint density at radius 3 is 2.75 bits per heavy atom. The van der Waals surface area contributed by atoms with Gasteiger partial charge in [-0.1, -0.05) is 12.1 Å². The van der Waals surface area contributed by atoms with Crippen molar-refractivity contribution < 1.29 is 9.13 Å². The summed E-state index contributed by atoms with van der Waals surface area (Å²) in [6.07, 6.45) is 0.773. The number of hydrogen-bond acceptors (Lipinski definition) is 3. The Balaban J connectivity index is 2.52. The zero-order valence-electron chi connectivity index (χ0n) is 9.82. The number of ether oxygens (including phenoxy) is 1. The maximum absolute atomic E-state index is 13.4. The van der Waals surface area contributed by atoms with Crippen molar-refractivity contribution >= 4 is 5.69 Å². The Hall–Kier alpha value is -1.13. The first-order chi connectivity index (χ1) is 7.65. The van der Waals surface area contributed by atoms with Crippen LogP contribution in [-0.4, -0.2) is 33.4 Å². The van der Waals surface area contributed by atoms with Crippen LogP contribution < -0.4 is 10.6 Å². The summed E-state index contributed by atoms with van der Waals surface area (Å²) < 4.78 is 18.4. The van der Waals surface area contributed by atoms with E-state index in [-0.39, 0.29) is 11.9 Å². The van der Waals surface area contributed by atoms with Crippen LogP contribution in [0.1, 0.15) is 6.42 Å². The van der Waals surface area contributed by atoms with Crippen molar-refractivity contribution in [3.8, 4) is 0 Å².